The van der Waals surface area contributed by atoms with Crippen LogP contribution < -0.4 is 21.1 Å². The topological polar surface area (TPSA) is 124 Å². The number of aromatic nitrogens is 6. The third-order valence-corrected chi connectivity index (χ3v) is 8.26. The summed E-state index contributed by atoms with van der Waals surface area (Å²) in [6, 6.07) is 3.03. The van der Waals surface area contributed by atoms with Crippen LogP contribution in [-0.4, -0.2) is 78.6 Å². The molecule has 1 aromatic carbocycles. The number of ether oxygens (including phenoxy) is 2. The molecule has 14 heteroatoms. The molecule has 0 spiro atoms. The second-order valence-electron chi connectivity index (χ2n) is 12.3. The third kappa shape index (κ3) is 5.37. The minimum absolute atomic E-state index is 0.00407. The van der Waals surface area contributed by atoms with Gasteiger partial charge in [-0.2, -0.15) is 14.3 Å². The molecule has 2 atom stereocenters. The highest BCUT2D eigenvalue weighted by atomic mass is 19.1. The van der Waals surface area contributed by atoms with E-state index in [0.29, 0.717) is 19.3 Å². The Kier molecular flexibility index (Phi) is 6.92. The Morgan fingerprint density at radius 2 is 1.98 bits per heavy atom. The fourth-order valence-electron chi connectivity index (χ4n) is 6.13. The number of tetrazole rings is 1. The lowest BCUT2D eigenvalue weighted by Gasteiger charge is -2.47. The van der Waals surface area contributed by atoms with Crippen molar-refractivity contribution in [3.05, 3.63) is 40.4 Å². The molecule has 0 radical (unpaired) electrons. The van der Waals surface area contributed by atoms with E-state index in [2.05, 4.69) is 49.8 Å². The summed E-state index contributed by atoms with van der Waals surface area (Å²) in [5.74, 6) is -1.10. The first-order valence-electron chi connectivity index (χ1n) is 13.9. The van der Waals surface area contributed by atoms with E-state index in [9.17, 15) is 9.18 Å². The van der Waals surface area contributed by atoms with Crippen molar-refractivity contribution in [2.45, 2.75) is 64.1 Å². The lowest BCUT2D eigenvalue weighted by Crippen LogP contribution is -2.55. The molecule has 3 saturated heterocycles. The number of hydrogen-bond donors (Lipinski definition) is 2. The van der Waals surface area contributed by atoms with E-state index in [-0.39, 0.29) is 52.5 Å². The van der Waals surface area contributed by atoms with Gasteiger partial charge < -0.3 is 20.1 Å². The van der Waals surface area contributed by atoms with E-state index in [1.54, 1.807) is 0 Å². The van der Waals surface area contributed by atoms with Gasteiger partial charge in [0.1, 0.15) is 11.4 Å². The number of rotatable bonds is 8. The second-order valence-corrected chi connectivity index (χ2v) is 12.3. The maximum atomic E-state index is 15.4. The molecule has 3 aromatic rings. The number of nitrogens with zero attached hydrogens (tertiary/aromatic N) is 7. The molecule has 0 aliphatic carbocycles. The molecule has 0 bridgehead atoms. The molecule has 0 saturated carbocycles. The Morgan fingerprint density at radius 3 is 2.68 bits per heavy atom. The van der Waals surface area contributed by atoms with Crippen LogP contribution >= 0.6 is 0 Å². The third-order valence-electron chi connectivity index (χ3n) is 8.26. The van der Waals surface area contributed by atoms with E-state index in [1.165, 1.54) is 25.6 Å². The van der Waals surface area contributed by atoms with E-state index in [1.807, 2.05) is 6.92 Å². The smallest absolute Gasteiger partial charge is 0.368 e. The second kappa shape index (κ2) is 10.3. The first-order chi connectivity index (χ1) is 19.5. The highest BCUT2D eigenvalue weighted by molar-refractivity contribution is 5.63. The predicted octanol–water partition coefficient (Wildman–Crippen LogP) is 3.01. The standard InChI is InChI=1S/C27H35F2N9O3/c1-26(2)11-16(8-17-6-5-7-37(17)26)31-23-19(29)12-30-24(33-23)32-20-10-21(38-25(39)36(4)34-35-38)22(9-18(20)28)41-15-27(3)13-40-14-27/h9-10,12,16-17H,5-8,11,13-15H2,1-4H3,(H2,30,31,32,33)/t16-,17-/m1/s1. The summed E-state index contributed by atoms with van der Waals surface area (Å²) in [7, 11) is 1.46. The highest BCUT2D eigenvalue weighted by Crippen LogP contribution is 2.39. The molecule has 41 heavy (non-hydrogen) atoms. The largest absolute Gasteiger partial charge is 0.490 e. The quantitative estimate of drug-likeness (QED) is 0.417. The molecule has 0 unspecified atom stereocenters. The Labute approximate surface area is 236 Å². The molecular formula is C27H35F2N9O3. The molecule has 220 valence electrons. The average Bonchev–Trinajstić information content (AvgIpc) is 3.52. The highest BCUT2D eigenvalue weighted by Gasteiger charge is 2.43. The van der Waals surface area contributed by atoms with Gasteiger partial charge in [0, 0.05) is 36.2 Å². The lowest BCUT2D eigenvalue weighted by molar-refractivity contribution is -0.120. The fourth-order valence-corrected chi connectivity index (χ4v) is 6.13. The number of piperidine rings is 1. The van der Waals surface area contributed by atoms with Gasteiger partial charge in [-0.25, -0.2) is 18.6 Å². The summed E-state index contributed by atoms with van der Waals surface area (Å²) in [5, 5.41) is 13.8. The van der Waals surface area contributed by atoms with E-state index < -0.39 is 17.3 Å². The summed E-state index contributed by atoms with van der Waals surface area (Å²) < 4.78 is 43.5. The first kappa shape index (κ1) is 27.5. The van der Waals surface area contributed by atoms with Crippen LogP contribution in [0.4, 0.5) is 26.2 Å². The number of fused-ring (bicyclic) bond motifs is 1. The van der Waals surface area contributed by atoms with Crippen LogP contribution in [0.1, 0.15) is 46.5 Å². The maximum Gasteiger partial charge on any atom is 0.368 e. The lowest BCUT2D eigenvalue weighted by atomic mass is 9.84. The average molecular weight is 572 g/mol. The van der Waals surface area contributed by atoms with Crippen molar-refractivity contribution >= 4 is 17.5 Å². The van der Waals surface area contributed by atoms with E-state index in [0.717, 1.165) is 41.4 Å². The summed E-state index contributed by atoms with van der Waals surface area (Å²) in [5.41, 5.74) is -0.617. The molecule has 3 fully saturated rings. The molecule has 0 amide bonds. The van der Waals surface area contributed by atoms with Crippen molar-refractivity contribution in [3.63, 3.8) is 0 Å². The minimum atomic E-state index is -0.673. The van der Waals surface area contributed by atoms with Crippen LogP contribution in [0.5, 0.6) is 5.75 Å². The van der Waals surface area contributed by atoms with Gasteiger partial charge in [-0.3, -0.25) is 4.90 Å². The molecule has 5 heterocycles. The zero-order chi connectivity index (χ0) is 28.9. The van der Waals surface area contributed by atoms with Crippen molar-refractivity contribution in [2.75, 3.05) is 37.0 Å². The van der Waals surface area contributed by atoms with E-state index >= 15 is 4.39 Å². The van der Waals surface area contributed by atoms with E-state index in [4.69, 9.17) is 9.47 Å². The van der Waals surface area contributed by atoms with Crippen LogP contribution in [0.15, 0.2) is 23.1 Å². The number of nitrogens with one attached hydrogen (secondary N) is 2. The summed E-state index contributed by atoms with van der Waals surface area (Å²) in [4.78, 5) is 23.6. The van der Waals surface area contributed by atoms with Gasteiger partial charge in [0.2, 0.25) is 5.95 Å². The van der Waals surface area contributed by atoms with Crippen molar-refractivity contribution in [3.8, 4) is 11.4 Å². The molecular weight excluding hydrogens is 536 g/mol. The zero-order valence-electron chi connectivity index (χ0n) is 23.7. The molecule has 3 aliphatic heterocycles. The van der Waals surface area contributed by atoms with Gasteiger partial charge >= 0.3 is 5.69 Å². The predicted molar refractivity (Wildman–Crippen MR) is 147 cm³/mol. The van der Waals surface area contributed by atoms with Gasteiger partial charge in [0.05, 0.1) is 31.7 Å². The van der Waals surface area contributed by atoms with Gasteiger partial charge in [0.15, 0.2) is 17.5 Å². The Bertz CT molecular complexity index is 1500. The number of benzene rings is 1. The SMILES string of the molecule is Cn1nnn(-c2cc(Nc3ncc(F)c(N[C@@H]4C[C@H]5CCCN5C(C)(C)C4)n3)c(F)cc2OCC2(C)COC2)c1=O. The number of halogens is 2. The van der Waals surface area contributed by atoms with Crippen molar-refractivity contribution in [1.29, 1.82) is 0 Å². The van der Waals surface area contributed by atoms with Crippen molar-refractivity contribution < 1.29 is 18.3 Å². The van der Waals surface area contributed by atoms with Gasteiger partial charge in [-0.05, 0) is 62.6 Å². The van der Waals surface area contributed by atoms with Crippen molar-refractivity contribution in [1.82, 2.24) is 34.7 Å². The summed E-state index contributed by atoms with van der Waals surface area (Å²) in [6.07, 6.45) is 5.09. The van der Waals surface area contributed by atoms with Gasteiger partial charge in [0.25, 0.3) is 0 Å². The molecule has 6 rings (SSSR count). The molecule has 12 nitrogen and oxygen atoms in total. The molecule has 2 aromatic heterocycles. The Morgan fingerprint density at radius 1 is 1.17 bits per heavy atom. The minimum Gasteiger partial charge on any atom is -0.490 e. The monoisotopic (exact) mass is 571 g/mol. The van der Waals surface area contributed by atoms with Crippen LogP contribution in [0.3, 0.4) is 0 Å². The van der Waals surface area contributed by atoms with Gasteiger partial charge in [-0.1, -0.05) is 6.92 Å². The number of aryl methyl sites for hydroxylation is 1. The zero-order valence-corrected chi connectivity index (χ0v) is 23.7. The Hall–Kier alpha value is -3.65. The Balaban J connectivity index is 1.26. The van der Waals surface area contributed by atoms with Crippen molar-refractivity contribution in [2.24, 2.45) is 12.5 Å². The van der Waals surface area contributed by atoms with Crippen LogP contribution in [0.2, 0.25) is 0 Å². The number of anilines is 3. The summed E-state index contributed by atoms with van der Waals surface area (Å²) >= 11 is 0. The molecule has 2 N–H and O–H groups in total. The normalized spacial score (nSPS) is 23.1. The maximum absolute atomic E-state index is 15.4. The summed E-state index contributed by atoms with van der Waals surface area (Å²) in [6.45, 7) is 8.82. The first-order valence-corrected chi connectivity index (χ1v) is 13.9. The van der Waals surface area contributed by atoms with Crippen LogP contribution in [-0.2, 0) is 11.8 Å². The van der Waals surface area contributed by atoms with Crippen LogP contribution in [0, 0.1) is 17.0 Å². The van der Waals surface area contributed by atoms with Crippen LogP contribution in [0.25, 0.3) is 5.69 Å². The molecule has 3 aliphatic rings. The van der Waals surface area contributed by atoms with Gasteiger partial charge in [-0.15, -0.1) is 0 Å². The number of hydrogen-bond acceptors (Lipinski definition) is 10. The fraction of sp³-hybridized carbons (Fsp3) is 0.593.